The van der Waals surface area contributed by atoms with E-state index in [0.29, 0.717) is 12.8 Å². The Labute approximate surface area is 269 Å². The van der Waals surface area contributed by atoms with Crippen LogP contribution in [0.2, 0.25) is 0 Å². The molecule has 2 heterocycles. The third kappa shape index (κ3) is 10.5. The van der Waals surface area contributed by atoms with Gasteiger partial charge in [-0.25, -0.2) is 4.79 Å². The number of allylic oxidation sites excluding steroid dienone is 7. The van der Waals surface area contributed by atoms with Crippen LogP contribution in [0.25, 0.3) is 0 Å². The van der Waals surface area contributed by atoms with Gasteiger partial charge >= 0.3 is 5.97 Å². The molecule has 45 heavy (non-hydrogen) atoms. The lowest BCUT2D eigenvalue weighted by molar-refractivity contribution is -0.148. The minimum Gasteiger partial charge on any atom is -0.455 e. The van der Waals surface area contributed by atoms with Gasteiger partial charge in [0, 0.05) is 31.9 Å². The molecule has 1 amide bonds. The van der Waals surface area contributed by atoms with Crippen LogP contribution in [-0.4, -0.2) is 54.6 Å². The quantitative estimate of drug-likeness (QED) is 0.146. The van der Waals surface area contributed by atoms with Crippen molar-refractivity contribution in [1.82, 2.24) is 5.32 Å². The number of methoxy groups -OCH3 is 1. The zero-order chi connectivity index (χ0) is 33.0. The number of cyclic esters (lactones) is 1. The van der Waals surface area contributed by atoms with Crippen LogP contribution in [-0.2, 0) is 29.4 Å². The summed E-state index contributed by atoms with van der Waals surface area (Å²) in [6, 6.07) is 8.92. The number of esters is 1. The SMILES string of the molecule is C/C=C/[C@@H]1O[C@H](C(/C=C/C=C(\C)C[C@@H](C)/C=C(C)\C=C\[C@H]2CC=CC(=O)O2)NC(=O)C(C)(OC)c2ccccc2)C[C@@H](O)[C@@H]1C. The summed E-state index contributed by atoms with van der Waals surface area (Å²) in [7, 11) is 1.53. The molecule has 2 N–H and O–H groups in total. The molecular formula is C38H51NO6. The number of benzene rings is 1. The lowest BCUT2D eigenvalue weighted by Crippen LogP contribution is -2.55. The Morgan fingerprint density at radius 3 is 2.62 bits per heavy atom. The summed E-state index contributed by atoms with van der Waals surface area (Å²) in [6.45, 7) is 12.0. The maximum Gasteiger partial charge on any atom is 0.331 e. The molecule has 0 spiro atoms. The van der Waals surface area contributed by atoms with E-state index < -0.39 is 23.9 Å². The third-order valence-corrected chi connectivity index (χ3v) is 8.53. The molecule has 3 rings (SSSR count). The van der Waals surface area contributed by atoms with Crippen molar-refractivity contribution >= 4 is 11.9 Å². The van der Waals surface area contributed by atoms with Gasteiger partial charge in [0.05, 0.1) is 24.4 Å². The van der Waals surface area contributed by atoms with Gasteiger partial charge in [-0.05, 0) is 51.7 Å². The van der Waals surface area contributed by atoms with Crippen molar-refractivity contribution in [3.8, 4) is 0 Å². The van der Waals surface area contributed by atoms with Gasteiger partial charge in [-0.2, -0.15) is 0 Å². The van der Waals surface area contributed by atoms with Crippen LogP contribution < -0.4 is 5.32 Å². The predicted octanol–water partition coefficient (Wildman–Crippen LogP) is 6.67. The molecule has 244 valence electrons. The summed E-state index contributed by atoms with van der Waals surface area (Å²) in [5, 5.41) is 14.1. The second kappa shape index (κ2) is 17.2. The second-order valence-corrected chi connectivity index (χ2v) is 12.4. The van der Waals surface area contributed by atoms with Gasteiger partial charge in [0.15, 0.2) is 5.60 Å². The van der Waals surface area contributed by atoms with E-state index >= 15 is 0 Å². The Morgan fingerprint density at radius 1 is 1.22 bits per heavy atom. The number of rotatable bonds is 13. The average molecular weight is 618 g/mol. The van der Waals surface area contributed by atoms with Crippen LogP contribution >= 0.6 is 0 Å². The Kier molecular flexibility index (Phi) is 13.8. The maximum atomic E-state index is 13.8. The minimum absolute atomic E-state index is 0.0594. The smallest absolute Gasteiger partial charge is 0.331 e. The van der Waals surface area contributed by atoms with Crippen molar-refractivity contribution in [2.75, 3.05) is 7.11 Å². The lowest BCUT2D eigenvalue weighted by Gasteiger charge is -2.40. The number of nitrogens with one attached hydrogen (secondary N) is 1. The molecule has 1 aromatic carbocycles. The molecule has 2 aliphatic heterocycles. The van der Waals surface area contributed by atoms with Gasteiger partial charge < -0.3 is 24.6 Å². The van der Waals surface area contributed by atoms with Crippen LogP contribution in [0, 0.1) is 11.8 Å². The molecule has 0 aliphatic carbocycles. The van der Waals surface area contributed by atoms with E-state index in [9.17, 15) is 14.7 Å². The standard InChI is InChI=1S/C38H51NO6/c1-8-14-34-29(5)33(40)25-35(45-34)32(39-37(42)38(6,43-7)30-16-10-9-11-17-30)19-12-15-26(2)23-28(4)24-27(3)21-22-31-18-13-20-36(41)44-31/h8-17,19-22,24,28-29,31-35,40H,18,23,25H2,1-7H3,(H,39,42)/b14-8+,19-12+,22-21+,26-15+,27-24-/t28-,29+,31-,32?,33-,34+,35+,38?/m1/s1. The van der Waals surface area contributed by atoms with Gasteiger partial charge in [-0.3, -0.25) is 4.79 Å². The zero-order valence-corrected chi connectivity index (χ0v) is 27.8. The summed E-state index contributed by atoms with van der Waals surface area (Å²) < 4.78 is 17.5. The Morgan fingerprint density at radius 2 is 1.96 bits per heavy atom. The Hall–Kier alpha value is -3.52. The molecule has 0 radical (unpaired) electrons. The van der Waals surface area contributed by atoms with Crippen LogP contribution in [0.15, 0.2) is 102 Å². The largest absolute Gasteiger partial charge is 0.455 e. The van der Waals surface area contributed by atoms with Gasteiger partial charge in [-0.1, -0.05) is 104 Å². The topological polar surface area (TPSA) is 94.1 Å². The zero-order valence-electron chi connectivity index (χ0n) is 27.8. The molecule has 7 nitrogen and oxygen atoms in total. The highest BCUT2D eigenvalue weighted by Gasteiger charge is 2.40. The third-order valence-electron chi connectivity index (χ3n) is 8.53. The number of aliphatic hydroxyl groups is 1. The number of carbonyl (C=O) groups is 2. The molecule has 2 unspecified atom stereocenters. The lowest BCUT2D eigenvalue weighted by atomic mass is 9.87. The van der Waals surface area contributed by atoms with Crippen molar-refractivity contribution in [2.24, 2.45) is 11.8 Å². The molecule has 8 atom stereocenters. The Bertz CT molecular complexity index is 1310. The monoisotopic (exact) mass is 617 g/mol. The van der Waals surface area contributed by atoms with Gasteiger partial charge in [0.1, 0.15) is 6.10 Å². The highest BCUT2D eigenvalue weighted by Crippen LogP contribution is 2.30. The van der Waals surface area contributed by atoms with E-state index in [4.69, 9.17) is 14.2 Å². The van der Waals surface area contributed by atoms with Crippen molar-refractivity contribution in [3.05, 3.63) is 108 Å². The fraction of sp³-hybridized carbons (Fsp3) is 0.474. The highest BCUT2D eigenvalue weighted by molar-refractivity contribution is 5.86. The number of carbonyl (C=O) groups excluding carboxylic acids is 2. The van der Waals surface area contributed by atoms with Crippen LogP contribution in [0.3, 0.4) is 0 Å². The first-order valence-electron chi connectivity index (χ1n) is 15.9. The summed E-state index contributed by atoms with van der Waals surface area (Å²) >= 11 is 0. The molecular weight excluding hydrogens is 566 g/mol. The normalized spacial score (nSPS) is 27.5. The molecule has 1 aromatic rings. The first-order valence-corrected chi connectivity index (χ1v) is 15.9. The van der Waals surface area contributed by atoms with E-state index in [1.165, 1.54) is 18.8 Å². The minimum atomic E-state index is -1.20. The van der Waals surface area contributed by atoms with Gasteiger partial charge in [0.25, 0.3) is 5.91 Å². The van der Waals surface area contributed by atoms with Gasteiger partial charge in [0.2, 0.25) is 0 Å². The molecule has 1 fully saturated rings. The number of amides is 1. The summed E-state index contributed by atoms with van der Waals surface area (Å²) in [4.78, 5) is 25.2. The molecule has 0 saturated carbocycles. The molecule has 1 saturated heterocycles. The van der Waals surface area contributed by atoms with Crippen LogP contribution in [0.1, 0.15) is 66.4 Å². The number of hydrogen-bond acceptors (Lipinski definition) is 6. The highest BCUT2D eigenvalue weighted by atomic mass is 16.5. The fourth-order valence-corrected chi connectivity index (χ4v) is 5.74. The molecule has 2 aliphatic rings. The van der Waals surface area contributed by atoms with Crippen molar-refractivity contribution in [2.45, 2.75) is 96.9 Å². The first-order chi connectivity index (χ1) is 21.5. The number of aliphatic hydroxyl groups excluding tert-OH is 1. The van der Waals surface area contributed by atoms with Crippen molar-refractivity contribution < 1.29 is 28.9 Å². The van der Waals surface area contributed by atoms with E-state index in [1.54, 1.807) is 6.92 Å². The molecule has 0 aromatic heterocycles. The van der Waals surface area contributed by atoms with Crippen LogP contribution in [0.4, 0.5) is 0 Å². The average Bonchev–Trinajstić information content (AvgIpc) is 3.01. The maximum absolute atomic E-state index is 13.8. The number of ether oxygens (including phenoxy) is 3. The molecule has 0 bridgehead atoms. The van der Waals surface area contributed by atoms with Crippen molar-refractivity contribution in [3.63, 3.8) is 0 Å². The van der Waals surface area contributed by atoms with Crippen LogP contribution in [0.5, 0.6) is 0 Å². The van der Waals surface area contributed by atoms with E-state index in [1.807, 2.05) is 93.6 Å². The summed E-state index contributed by atoms with van der Waals surface area (Å²) in [5.74, 6) is -0.358. The van der Waals surface area contributed by atoms with E-state index in [2.05, 4.69) is 31.3 Å². The van der Waals surface area contributed by atoms with E-state index in [-0.39, 0.29) is 35.9 Å². The van der Waals surface area contributed by atoms with Crippen molar-refractivity contribution in [1.29, 1.82) is 0 Å². The number of hydrogen-bond donors (Lipinski definition) is 2. The van der Waals surface area contributed by atoms with Gasteiger partial charge in [-0.15, -0.1) is 0 Å². The summed E-state index contributed by atoms with van der Waals surface area (Å²) in [6.07, 6.45) is 19.7. The predicted molar refractivity (Wildman–Crippen MR) is 179 cm³/mol. The summed E-state index contributed by atoms with van der Waals surface area (Å²) in [5.41, 5.74) is 1.83. The van der Waals surface area contributed by atoms with E-state index in [0.717, 1.165) is 17.6 Å². The first kappa shape index (κ1) is 36.0. The fourth-order valence-electron chi connectivity index (χ4n) is 5.74. The molecule has 7 heteroatoms. The second-order valence-electron chi connectivity index (χ2n) is 12.4. The Balaban J connectivity index is 1.75.